The predicted molar refractivity (Wildman–Crippen MR) is 58.4 cm³/mol. The van der Waals surface area contributed by atoms with Gasteiger partial charge in [0.05, 0.1) is 15.7 Å². The van der Waals surface area contributed by atoms with Crippen LogP contribution in [0.2, 0.25) is 5.02 Å². The summed E-state index contributed by atoms with van der Waals surface area (Å²) < 4.78 is 6.95. The van der Waals surface area contributed by atoms with Gasteiger partial charge in [0.25, 0.3) is 0 Å². The Morgan fingerprint density at radius 1 is 1.55 bits per heavy atom. The highest BCUT2D eigenvalue weighted by Gasteiger charge is 2.05. The molecule has 0 aliphatic heterocycles. The number of ether oxygens (including phenoxy) is 1. The number of methoxy groups -OCH3 is 1. The molecule has 0 amide bonds. The topological polar surface area (TPSA) is 9.23 Å². The van der Waals surface area contributed by atoms with Crippen molar-refractivity contribution >= 4 is 50.1 Å². The molecular weight excluding hydrogens is 342 g/mol. The minimum Gasteiger partial charge on any atom is -0.496 e. The molecular formula is C7H5BrClIO. The van der Waals surface area contributed by atoms with E-state index in [-0.39, 0.29) is 0 Å². The van der Waals surface area contributed by atoms with Crippen LogP contribution in [0.1, 0.15) is 0 Å². The van der Waals surface area contributed by atoms with E-state index in [1.54, 1.807) is 7.11 Å². The molecule has 0 aliphatic rings. The molecule has 0 radical (unpaired) electrons. The molecule has 11 heavy (non-hydrogen) atoms. The van der Waals surface area contributed by atoms with Crippen LogP contribution in [0.3, 0.4) is 0 Å². The van der Waals surface area contributed by atoms with Gasteiger partial charge in [-0.05, 0) is 34.7 Å². The summed E-state index contributed by atoms with van der Waals surface area (Å²) in [4.78, 5) is 0. The first kappa shape index (κ1) is 9.61. The summed E-state index contributed by atoms with van der Waals surface area (Å²) >= 11 is 11.3. The van der Waals surface area contributed by atoms with E-state index in [1.807, 2.05) is 12.1 Å². The first-order chi connectivity index (χ1) is 5.15. The normalized spacial score (nSPS) is 9.82. The molecule has 1 aromatic carbocycles. The molecule has 1 rings (SSSR count). The molecule has 4 heteroatoms. The predicted octanol–water partition coefficient (Wildman–Crippen LogP) is 3.72. The van der Waals surface area contributed by atoms with Crippen LogP contribution in [0.25, 0.3) is 0 Å². The number of hydrogen-bond donors (Lipinski definition) is 0. The standard InChI is InChI=1S/C7H5BrClIO/c1-11-6-3-4(8)2-5(9)7(6)10/h2-3H,1H3. The Morgan fingerprint density at radius 3 is 2.73 bits per heavy atom. The Kier molecular flexibility index (Phi) is 3.46. The number of benzene rings is 1. The van der Waals surface area contributed by atoms with Gasteiger partial charge in [0.2, 0.25) is 0 Å². The fraction of sp³-hybridized carbons (Fsp3) is 0.143. The molecule has 0 bridgehead atoms. The molecule has 0 heterocycles. The first-order valence-electron chi connectivity index (χ1n) is 2.83. The molecule has 1 nitrogen and oxygen atoms in total. The molecule has 0 atom stereocenters. The smallest absolute Gasteiger partial charge is 0.134 e. The van der Waals surface area contributed by atoms with E-state index in [9.17, 15) is 0 Å². The fourth-order valence-corrected chi connectivity index (χ4v) is 1.99. The lowest BCUT2D eigenvalue weighted by Crippen LogP contribution is -1.87. The minimum absolute atomic E-state index is 0.705. The highest BCUT2D eigenvalue weighted by atomic mass is 127. The maximum absolute atomic E-state index is 5.88. The van der Waals surface area contributed by atoms with Crippen LogP contribution in [0.4, 0.5) is 0 Å². The van der Waals surface area contributed by atoms with Gasteiger partial charge in [-0.15, -0.1) is 0 Å². The van der Waals surface area contributed by atoms with Gasteiger partial charge in [-0.3, -0.25) is 0 Å². The summed E-state index contributed by atoms with van der Waals surface area (Å²) in [7, 11) is 1.63. The van der Waals surface area contributed by atoms with Gasteiger partial charge < -0.3 is 4.74 Å². The number of rotatable bonds is 1. The largest absolute Gasteiger partial charge is 0.496 e. The zero-order valence-corrected chi connectivity index (χ0v) is 10.2. The van der Waals surface area contributed by atoms with E-state index in [4.69, 9.17) is 16.3 Å². The summed E-state index contributed by atoms with van der Waals surface area (Å²) in [6.45, 7) is 0. The van der Waals surface area contributed by atoms with Crippen molar-refractivity contribution in [3.63, 3.8) is 0 Å². The van der Waals surface area contributed by atoms with Crippen molar-refractivity contribution in [2.75, 3.05) is 7.11 Å². The Bertz CT molecular complexity index is 277. The molecule has 0 fully saturated rings. The van der Waals surface area contributed by atoms with Crippen molar-refractivity contribution in [2.45, 2.75) is 0 Å². The van der Waals surface area contributed by atoms with Crippen LogP contribution in [0.5, 0.6) is 5.75 Å². The molecule has 0 saturated heterocycles. The van der Waals surface area contributed by atoms with E-state index in [2.05, 4.69) is 38.5 Å². The van der Waals surface area contributed by atoms with E-state index < -0.39 is 0 Å². The van der Waals surface area contributed by atoms with Crippen molar-refractivity contribution < 1.29 is 4.74 Å². The summed E-state index contributed by atoms with van der Waals surface area (Å²) in [5.74, 6) is 0.796. The molecule has 1 aromatic rings. The van der Waals surface area contributed by atoms with Crippen molar-refractivity contribution in [1.82, 2.24) is 0 Å². The van der Waals surface area contributed by atoms with E-state index in [0.717, 1.165) is 13.8 Å². The highest BCUT2D eigenvalue weighted by Crippen LogP contribution is 2.31. The maximum Gasteiger partial charge on any atom is 0.134 e. The average Bonchev–Trinajstić information content (AvgIpc) is 1.96. The molecule has 0 N–H and O–H groups in total. The van der Waals surface area contributed by atoms with Gasteiger partial charge in [0, 0.05) is 4.47 Å². The van der Waals surface area contributed by atoms with Crippen LogP contribution in [0.15, 0.2) is 16.6 Å². The quantitative estimate of drug-likeness (QED) is 0.556. The third kappa shape index (κ3) is 2.23. The second-order valence-corrected chi connectivity index (χ2v) is 4.31. The molecule has 0 spiro atoms. The Labute approximate surface area is 92.3 Å². The monoisotopic (exact) mass is 346 g/mol. The highest BCUT2D eigenvalue weighted by molar-refractivity contribution is 14.1. The molecule has 60 valence electrons. The SMILES string of the molecule is COc1cc(Br)cc(Cl)c1I. The van der Waals surface area contributed by atoms with Gasteiger partial charge >= 0.3 is 0 Å². The van der Waals surface area contributed by atoms with Crippen LogP contribution >= 0.6 is 50.1 Å². The first-order valence-corrected chi connectivity index (χ1v) is 5.08. The van der Waals surface area contributed by atoms with Crippen LogP contribution in [0, 0.1) is 3.57 Å². The fourth-order valence-electron chi connectivity index (χ4n) is 0.681. The van der Waals surface area contributed by atoms with Gasteiger partial charge in [0.1, 0.15) is 5.75 Å². The second kappa shape index (κ2) is 3.96. The third-order valence-electron chi connectivity index (χ3n) is 1.18. The molecule has 0 aliphatic carbocycles. The Balaban J connectivity index is 3.24. The maximum atomic E-state index is 5.88. The van der Waals surface area contributed by atoms with Gasteiger partial charge in [-0.25, -0.2) is 0 Å². The Morgan fingerprint density at radius 2 is 2.18 bits per heavy atom. The third-order valence-corrected chi connectivity index (χ3v) is 3.37. The van der Waals surface area contributed by atoms with Crippen LogP contribution in [-0.2, 0) is 0 Å². The van der Waals surface area contributed by atoms with Crippen molar-refractivity contribution in [2.24, 2.45) is 0 Å². The lowest BCUT2D eigenvalue weighted by atomic mass is 10.3. The van der Waals surface area contributed by atoms with Crippen LogP contribution < -0.4 is 4.74 Å². The van der Waals surface area contributed by atoms with Crippen molar-refractivity contribution in [1.29, 1.82) is 0 Å². The summed E-state index contributed by atoms with van der Waals surface area (Å²) in [5, 5.41) is 0.705. The summed E-state index contributed by atoms with van der Waals surface area (Å²) in [5.41, 5.74) is 0. The van der Waals surface area contributed by atoms with E-state index in [1.165, 1.54) is 0 Å². The zero-order valence-electron chi connectivity index (χ0n) is 5.70. The average molecular weight is 347 g/mol. The zero-order chi connectivity index (χ0) is 8.43. The van der Waals surface area contributed by atoms with Gasteiger partial charge in [-0.1, -0.05) is 27.5 Å². The Hall–Kier alpha value is 0.520. The van der Waals surface area contributed by atoms with Gasteiger partial charge in [-0.2, -0.15) is 0 Å². The number of halogens is 3. The van der Waals surface area contributed by atoms with Gasteiger partial charge in [0.15, 0.2) is 0 Å². The molecule has 0 aromatic heterocycles. The number of hydrogen-bond acceptors (Lipinski definition) is 1. The van der Waals surface area contributed by atoms with Crippen molar-refractivity contribution in [3.05, 3.63) is 25.2 Å². The minimum atomic E-state index is 0.705. The van der Waals surface area contributed by atoms with Crippen LogP contribution in [-0.4, -0.2) is 7.11 Å². The van der Waals surface area contributed by atoms with E-state index in [0.29, 0.717) is 5.02 Å². The van der Waals surface area contributed by atoms with E-state index >= 15 is 0 Å². The second-order valence-electron chi connectivity index (χ2n) is 1.90. The summed E-state index contributed by atoms with van der Waals surface area (Å²) in [6, 6.07) is 3.72. The lowest BCUT2D eigenvalue weighted by Gasteiger charge is -2.04. The molecule has 0 unspecified atom stereocenters. The summed E-state index contributed by atoms with van der Waals surface area (Å²) in [6.07, 6.45) is 0. The molecule has 0 saturated carbocycles. The lowest BCUT2D eigenvalue weighted by molar-refractivity contribution is 0.411. The van der Waals surface area contributed by atoms with Crippen molar-refractivity contribution in [3.8, 4) is 5.75 Å².